The molecule has 0 spiro atoms. The van der Waals surface area contributed by atoms with E-state index in [9.17, 15) is 10.1 Å². The van der Waals surface area contributed by atoms with Crippen LogP contribution in [0.25, 0.3) is 11.4 Å². The SMILES string of the molecule is Cc1nn(C(C)c2nc(-c3ccc([N+](=O)[O-])cc3)no2)cc1Cl. The van der Waals surface area contributed by atoms with Gasteiger partial charge < -0.3 is 4.52 Å². The molecule has 2 aromatic heterocycles. The first-order valence-corrected chi connectivity index (χ1v) is 7.13. The molecule has 0 saturated heterocycles. The molecule has 0 amide bonds. The number of hydrogen-bond acceptors (Lipinski definition) is 6. The predicted molar refractivity (Wildman–Crippen MR) is 82.2 cm³/mol. The molecule has 0 bridgehead atoms. The van der Waals surface area contributed by atoms with Crippen LogP contribution in [0.15, 0.2) is 35.0 Å². The van der Waals surface area contributed by atoms with Crippen LogP contribution in [0.2, 0.25) is 5.02 Å². The van der Waals surface area contributed by atoms with Crippen LogP contribution < -0.4 is 0 Å². The molecule has 0 aliphatic heterocycles. The molecule has 0 aliphatic rings. The second-order valence-electron chi connectivity index (χ2n) is 4.98. The Hall–Kier alpha value is -2.74. The van der Waals surface area contributed by atoms with E-state index in [4.69, 9.17) is 16.1 Å². The Labute approximate surface area is 135 Å². The van der Waals surface area contributed by atoms with Gasteiger partial charge in [-0.25, -0.2) is 0 Å². The van der Waals surface area contributed by atoms with Gasteiger partial charge in [0.25, 0.3) is 11.6 Å². The molecular formula is C14H12ClN5O3. The van der Waals surface area contributed by atoms with Crippen molar-refractivity contribution in [3.05, 3.63) is 57.2 Å². The molecule has 3 rings (SSSR count). The van der Waals surface area contributed by atoms with E-state index in [2.05, 4.69) is 15.2 Å². The summed E-state index contributed by atoms with van der Waals surface area (Å²) in [5, 5.41) is 19.4. The second kappa shape index (κ2) is 5.81. The number of rotatable bonds is 4. The minimum Gasteiger partial charge on any atom is -0.337 e. The molecule has 0 saturated carbocycles. The first-order chi connectivity index (χ1) is 11.0. The minimum atomic E-state index is -0.461. The molecule has 0 fully saturated rings. The van der Waals surface area contributed by atoms with Gasteiger partial charge in [-0.2, -0.15) is 10.1 Å². The summed E-state index contributed by atoms with van der Waals surface area (Å²) in [7, 11) is 0. The molecule has 8 nitrogen and oxygen atoms in total. The number of halogens is 1. The summed E-state index contributed by atoms with van der Waals surface area (Å²) in [4.78, 5) is 14.5. The van der Waals surface area contributed by atoms with Crippen molar-refractivity contribution in [2.45, 2.75) is 19.9 Å². The number of aromatic nitrogens is 4. The van der Waals surface area contributed by atoms with E-state index in [1.165, 1.54) is 12.1 Å². The molecule has 0 N–H and O–H groups in total. The van der Waals surface area contributed by atoms with Crippen LogP contribution in [0.3, 0.4) is 0 Å². The van der Waals surface area contributed by atoms with Crippen molar-refractivity contribution in [2.75, 3.05) is 0 Å². The maximum absolute atomic E-state index is 10.7. The Balaban J connectivity index is 1.86. The Morgan fingerprint density at radius 3 is 2.61 bits per heavy atom. The van der Waals surface area contributed by atoms with Crippen LogP contribution in [0.1, 0.15) is 24.6 Å². The van der Waals surface area contributed by atoms with E-state index < -0.39 is 4.92 Å². The molecule has 1 aromatic carbocycles. The molecule has 9 heteroatoms. The highest BCUT2D eigenvalue weighted by Crippen LogP contribution is 2.24. The quantitative estimate of drug-likeness (QED) is 0.535. The van der Waals surface area contributed by atoms with Crippen molar-refractivity contribution in [3.8, 4) is 11.4 Å². The van der Waals surface area contributed by atoms with Gasteiger partial charge in [0.2, 0.25) is 5.82 Å². The Bertz CT molecular complexity index is 836. The van der Waals surface area contributed by atoms with Gasteiger partial charge in [-0.05, 0) is 26.0 Å². The van der Waals surface area contributed by atoms with Crippen molar-refractivity contribution in [2.24, 2.45) is 0 Å². The average molecular weight is 334 g/mol. The number of aryl methyl sites for hydroxylation is 1. The molecule has 118 valence electrons. The first-order valence-electron chi connectivity index (χ1n) is 6.75. The van der Waals surface area contributed by atoms with Crippen LogP contribution in [-0.2, 0) is 0 Å². The van der Waals surface area contributed by atoms with Gasteiger partial charge in [0.15, 0.2) is 0 Å². The van der Waals surface area contributed by atoms with Gasteiger partial charge in [0.1, 0.15) is 6.04 Å². The van der Waals surface area contributed by atoms with Crippen molar-refractivity contribution < 1.29 is 9.45 Å². The van der Waals surface area contributed by atoms with E-state index in [1.54, 1.807) is 23.0 Å². The maximum Gasteiger partial charge on any atom is 0.269 e. The fraction of sp³-hybridized carbons (Fsp3) is 0.214. The van der Waals surface area contributed by atoms with Crippen molar-refractivity contribution in [3.63, 3.8) is 0 Å². The third-order valence-electron chi connectivity index (χ3n) is 3.39. The predicted octanol–water partition coefficient (Wildman–Crippen LogP) is 3.41. The van der Waals surface area contributed by atoms with Crippen LogP contribution in [-0.4, -0.2) is 24.8 Å². The second-order valence-corrected chi connectivity index (χ2v) is 5.39. The van der Waals surface area contributed by atoms with Crippen molar-refractivity contribution in [1.82, 2.24) is 19.9 Å². The highest BCUT2D eigenvalue weighted by molar-refractivity contribution is 6.31. The van der Waals surface area contributed by atoms with Gasteiger partial charge in [0.05, 0.1) is 15.6 Å². The van der Waals surface area contributed by atoms with Crippen LogP contribution in [0.5, 0.6) is 0 Å². The van der Waals surface area contributed by atoms with E-state index in [1.807, 2.05) is 13.8 Å². The fourth-order valence-electron chi connectivity index (χ4n) is 2.03. The number of nitro benzene ring substituents is 1. The first kappa shape index (κ1) is 15.2. The lowest BCUT2D eigenvalue weighted by molar-refractivity contribution is -0.384. The van der Waals surface area contributed by atoms with Crippen molar-refractivity contribution >= 4 is 17.3 Å². The number of non-ortho nitro benzene ring substituents is 1. The summed E-state index contributed by atoms with van der Waals surface area (Å²) < 4.78 is 6.91. The molecule has 2 heterocycles. The lowest BCUT2D eigenvalue weighted by Crippen LogP contribution is -2.07. The summed E-state index contributed by atoms with van der Waals surface area (Å²) in [6, 6.07) is 5.66. The smallest absolute Gasteiger partial charge is 0.269 e. The highest BCUT2D eigenvalue weighted by atomic mass is 35.5. The molecule has 3 aromatic rings. The number of hydrogen-bond donors (Lipinski definition) is 0. The van der Waals surface area contributed by atoms with Crippen molar-refractivity contribution in [1.29, 1.82) is 0 Å². The summed E-state index contributed by atoms with van der Waals surface area (Å²) in [6.45, 7) is 3.66. The number of nitro groups is 1. The molecule has 0 aliphatic carbocycles. The maximum atomic E-state index is 10.7. The number of nitrogens with zero attached hydrogens (tertiary/aromatic N) is 5. The normalized spacial score (nSPS) is 12.3. The fourth-order valence-corrected chi connectivity index (χ4v) is 2.16. The zero-order chi connectivity index (χ0) is 16.6. The Morgan fingerprint density at radius 1 is 1.35 bits per heavy atom. The van der Waals surface area contributed by atoms with Gasteiger partial charge in [-0.3, -0.25) is 14.8 Å². The Morgan fingerprint density at radius 2 is 2.04 bits per heavy atom. The summed E-state index contributed by atoms with van der Waals surface area (Å²) >= 11 is 6.00. The zero-order valence-corrected chi connectivity index (χ0v) is 13.1. The van der Waals surface area contributed by atoms with E-state index >= 15 is 0 Å². The van der Waals surface area contributed by atoms with E-state index in [0.717, 1.165) is 0 Å². The van der Waals surface area contributed by atoms with E-state index in [0.29, 0.717) is 28.0 Å². The Kier molecular flexibility index (Phi) is 3.83. The molecule has 1 atom stereocenters. The standard InChI is InChI=1S/C14H12ClN5O3/c1-8-12(15)7-19(17-8)9(2)14-16-13(18-23-14)10-3-5-11(6-4-10)20(21)22/h3-7,9H,1-2H3. The van der Waals surface area contributed by atoms with Gasteiger partial charge in [-0.15, -0.1) is 0 Å². The summed E-state index contributed by atoms with van der Waals surface area (Å²) in [5.41, 5.74) is 1.36. The summed E-state index contributed by atoms with van der Waals surface area (Å²) in [5.74, 6) is 0.731. The molecular weight excluding hydrogens is 322 g/mol. The lowest BCUT2D eigenvalue weighted by Gasteiger charge is -2.05. The monoisotopic (exact) mass is 333 g/mol. The third kappa shape index (κ3) is 2.93. The highest BCUT2D eigenvalue weighted by Gasteiger charge is 2.19. The van der Waals surface area contributed by atoms with Crippen LogP contribution in [0.4, 0.5) is 5.69 Å². The minimum absolute atomic E-state index is 0.00694. The van der Waals surface area contributed by atoms with Gasteiger partial charge in [0, 0.05) is 23.9 Å². The topological polar surface area (TPSA) is 99.9 Å². The van der Waals surface area contributed by atoms with Crippen LogP contribution in [0, 0.1) is 17.0 Å². The van der Waals surface area contributed by atoms with Gasteiger partial charge >= 0.3 is 0 Å². The average Bonchev–Trinajstić information content (AvgIpc) is 3.14. The van der Waals surface area contributed by atoms with Crippen LogP contribution >= 0.6 is 11.6 Å². The largest absolute Gasteiger partial charge is 0.337 e. The summed E-state index contributed by atoms with van der Waals surface area (Å²) in [6.07, 6.45) is 1.69. The molecule has 0 radical (unpaired) electrons. The zero-order valence-electron chi connectivity index (χ0n) is 12.3. The lowest BCUT2D eigenvalue weighted by atomic mass is 10.2. The molecule has 1 unspecified atom stereocenters. The van der Waals surface area contributed by atoms with Gasteiger partial charge in [-0.1, -0.05) is 16.8 Å². The van der Waals surface area contributed by atoms with E-state index in [-0.39, 0.29) is 11.7 Å². The number of benzene rings is 1. The molecule has 23 heavy (non-hydrogen) atoms. The third-order valence-corrected chi connectivity index (χ3v) is 3.76.